The Morgan fingerprint density at radius 1 is 1.10 bits per heavy atom. The molecule has 7 heteroatoms. The molecule has 0 aliphatic rings. The van der Waals surface area contributed by atoms with Gasteiger partial charge >= 0.3 is 5.97 Å². The summed E-state index contributed by atoms with van der Waals surface area (Å²) in [6.07, 6.45) is 2.88. The van der Waals surface area contributed by atoms with Crippen LogP contribution in [0.25, 0.3) is 5.57 Å². The zero-order chi connectivity index (χ0) is 20.6. The van der Waals surface area contributed by atoms with Gasteiger partial charge in [-0.3, -0.25) is 0 Å². The van der Waals surface area contributed by atoms with E-state index in [4.69, 9.17) is 14.2 Å². The molecule has 3 rings (SSSR count). The van der Waals surface area contributed by atoms with E-state index in [0.717, 1.165) is 9.13 Å². The van der Waals surface area contributed by atoms with E-state index in [1.807, 2.05) is 42.5 Å². The predicted molar refractivity (Wildman–Crippen MR) is 117 cm³/mol. The summed E-state index contributed by atoms with van der Waals surface area (Å²) in [7, 11) is 1.41. The lowest BCUT2D eigenvalue weighted by atomic mass is 10.0. The van der Waals surface area contributed by atoms with E-state index in [1.54, 1.807) is 24.4 Å². The van der Waals surface area contributed by atoms with Crippen LogP contribution in [0.5, 0.6) is 17.4 Å². The van der Waals surface area contributed by atoms with Gasteiger partial charge in [-0.25, -0.2) is 9.78 Å². The number of aromatic nitrogens is 1. The van der Waals surface area contributed by atoms with Crippen molar-refractivity contribution in [1.82, 2.24) is 4.98 Å². The Bertz CT molecular complexity index is 1030. The van der Waals surface area contributed by atoms with Gasteiger partial charge in [-0.05, 0) is 58.0 Å². The molecule has 29 heavy (non-hydrogen) atoms. The Morgan fingerprint density at radius 2 is 1.90 bits per heavy atom. The number of benzene rings is 2. The third-order valence-electron chi connectivity index (χ3n) is 3.91. The first-order chi connectivity index (χ1) is 14.1. The Morgan fingerprint density at radius 3 is 2.66 bits per heavy atom. The highest BCUT2D eigenvalue weighted by Crippen LogP contribution is 2.28. The maximum Gasteiger partial charge on any atom is 0.339 e. The number of ether oxygens (including phenoxy) is 3. The molecule has 0 radical (unpaired) electrons. The number of rotatable bonds is 8. The number of nitrogens with zero attached hydrogens (tertiary/aromatic N) is 1. The van der Waals surface area contributed by atoms with Crippen molar-refractivity contribution < 1.29 is 24.1 Å². The Balaban J connectivity index is 1.77. The van der Waals surface area contributed by atoms with E-state index < -0.39 is 5.97 Å². The fraction of sp³-hybridized carbons (Fsp3) is 0.0909. The first-order valence-corrected chi connectivity index (χ1v) is 9.72. The van der Waals surface area contributed by atoms with Crippen LogP contribution in [0, 0.1) is 3.57 Å². The fourth-order valence-electron chi connectivity index (χ4n) is 2.60. The van der Waals surface area contributed by atoms with Crippen molar-refractivity contribution in [3.05, 3.63) is 87.8 Å². The minimum atomic E-state index is -1.07. The summed E-state index contributed by atoms with van der Waals surface area (Å²) in [5.41, 5.74) is 1.33. The van der Waals surface area contributed by atoms with Crippen LogP contribution < -0.4 is 9.47 Å². The number of methoxy groups -OCH3 is 1. The monoisotopic (exact) mass is 503 g/mol. The van der Waals surface area contributed by atoms with Crippen molar-refractivity contribution >= 4 is 34.1 Å². The van der Waals surface area contributed by atoms with Gasteiger partial charge in [0.2, 0.25) is 5.88 Å². The Labute approximate surface area is 181 Å². The van der Waals surface area contributed by atoms with E-state index in [2.05, 4.69) is 27.6 Å². The van der Waals surface area contributed by atoms with Gasteiger partial charge in [0.15, 0.2) is 0 Å². The average molecular weight is 503 g/mol. The molecule has 1 heterocycles. The van der Waals surface area contributed by atoms with E-state index in [1.165, 1.54) is 13.4 Å². The molecule has 0 spiro atoms. The molecule has 1 N–H and O–H groups in total. The third-order valence-corrected chi connectivity index (χ3v) is 4.73. The zero-order valence-corrected chi connectivity index (χ0v) is 17.7. The van der Waals surface area contributed by atoms with Gasteiger partial charge < -0.3 is 19.3 Å². The lowest BCUT2D eigenvalue weighted by molar-refractivity contribution is -0.130. The molecular formula is C22H18INO5. The van der Waals surface area contributed by atoms with Crippen LogP contribution in [-0.2, 0) is 16.1 Å². The van der Waals surface area contributed by atoms with Gasteiger partial charge in [-0.15, -0.1) is 0 Å². The first-order valence-electron chi connectivity index (χ1n) is 8.64. The number of carboxylic acid groups (broad SMARTS) is 1. The second-order valence-electron chi connectivity index (χ2n) is 5.89. The van der Waals surface area contributed by atoms with Crippen LogP contribution in [0.1, 0.15) is 11.1 Å². The summed E-state index contributed by atoms with van der Waals surface area (Å²) in [5, 5.41) is 9.45. The molecule has 0 unspecified atom stereocenters. The van der Waals surface area contributed by atoms with Gasteiger partial charge in [0.05, 0.1) is 16.9 Å². The molecule has 0 saturated heterocycles. The van der Waals surface area contributed by atoms with Crippen molar-refractivity contribution in [3.8, 4) is 17.4 Å². The molecule has 3 aromatic rings. The van der Waals surface area contributed by atoms with Crippen LogP contribution in [0.4, 0.5) is 0 Å². The first kappa shape index (κ1) is 20.7. The van der Waals surface area contributed by atoms with Gasteiger partial charge in [0.25, 0.3) is 0 Å². The second-order valence-corrected chi connectivity index (χ2v) is 7.05. The molecule has 6 nitrogen and oxygen atoms in total. The van der Waals surface area contributed by atoms with E-state index >= 15 is 0 Å². The van der Waals surface area contributed by atoms with E-state index in [-0.39, 0.29) is 12.2 Å². The Kier molecular flexibility index (Phi) is 7.07. The maximum atomic E-state index is 11.5. The lowest BCUT2D eigenvalue weighted by Crippen LogP contribution is -2.06. The summed E-state index contributed by atoms with van der Waals surface area (Å²) in [4.78, 5) is 15.8. The number of hydrogen-bond acceptors (Lipinski definition) is 5. The molecule has 0 aliphatic carbocycles. The summed E-state index contributed by atoms with van der Waals surface area (Å²) in [6.45, 7) is 0.190. The number of carboxylic acids is 1. The van der Waals surface area contributed by atoms with Gasteiger partial charge in [0.1, 0.15) is 23.7 Å². The summed E-state index contributed by atoms with van der Waals surface area (Å²) in [6, 6.07) is 18.1. The minimum absolute atomic E-state index is 0.0634. The van der Waals surface area contributed by atoms with Gasteiger partial charge in [-0.1, -0.05) is 30.3 Å². The average Bonchev–Trinajstić information content (AvgIpc) is 2.73. The third kappa shape index (κ3) is 5.47. The van der Waals surface area contributed by atoms with Gasteiger partial charge in [0, 0.05) is 12.3 Å². The minimum Gasteiger partial charge on any atom is -0.503 e. The molecule has 148 valence electrons. The molecular weight excluding hydrogens is 485 g/mol. The molecule has 0 atom stereocenters. The normalized spacial score (nSPS) is 11.0. The van der Waals surface area contributed by atoms with Crippen molar-refractivity contribution in [2.75, 3.05) is 7.11 Å². The number of carbonyl (C=O) groups is 1. The topological polar surface area (TPSA) is 77.9 Å². The van der Waals surface area contributed by atoms with Crippen LogP contribution in [0.15, 0.2) is 73.1 Å². The smallest absolute Gasteiger partial charge is 0.339 e. The van der Waals surface area contributed by atoms with Crippen LogP contribution in [-0.4, -0.2) is 23.2 Å². The standard InChI is InChI=1S/C22H18INO5/c1-27-14-19(22(25)26)18-9-3-2-6-15(18)13-28-16-7-4-8-17(12-16)29-21-20(23)10-5-11-24-21/h2-12,14H,13H2,1H3,(H,25,26)/b19-14+. The SMILES string of the molecule is CO/C=C(/C(=O)O)c1ccccc1COc1cccc(Oc2ncccc2I)c1. The molecule has 0 bridgehead atoms. The van der Waals surface area contributed by atoms with E-state index in [0.29, 0.717) is 22.9 Å². The van der Waals surface area contributed by atoms with Crippen molar-refractivity contribution in [2.24, 2.45) is 0 Å². The van der Waals surface area contributed by atoms with E-state index in [9.17, 15) is 9.90 Å². The maximum absolute atomic E-state index is 11.5. The van der Waals surface area contributed by atoms with Crippen molar-refractivity contribution in [2.45, 2.75) is 6.61 Å². The summed E-state index contributed by atoms with van der Waals surface area (Å²) >= 11 is 2.16. The molecule has 1 aromatic heterocycles. The molecule has 0 saturated carbocycles. The fourth-order valence-corrected chi connectivity index (χ4v) is 3.06. The molecule has 2 aromatic carbocycles. The summed E-state index contributed by atoms with van der Waals surface area (Å²) < 4.78 is 17.5. The highest BCUT2D eigenvalue weighted by molar-refractivity contribution is 14.1. The highest BCUT2D eigenvalue weighted by atomic mass is 127. The van der Waals surface area contributed by atoms with Gasteiger partial charge in [-0.2, -0.15) is 0 Å². The number of halogens is 1. The molecule has 0 amide bonds. The van der Waals surface area contributed by atoms with Crippen LogP contribution in [0.3, 0.4) is 0 Å². The number of hydrogen-bond donors (Lipinski definition) is 1. The number of pyridine rings is 1. The van der Waals surface area contributed by atoms with Crippen LogP contribution in [0.2, 0.25) is 0 Å². The van der Waals surface area contributed by atoms with Crippen molar-refractivity contribution in [3.63, 3.8) is 0 Å². The lowest BCUT2D eigenvalue weighted by Gasteiger charge is -2.12. The molecule has 0 fully saturated rings. The van der Waals surface area contributed by atoms with Crippen LogP contribution >= 0.6 is 22.6 Å². The Hall–Kier alpha value is -3.07. The number of aliphatic carboxylic acids is 1. The highest BCUT2D eigenvalue weighted by Gasteiger charge is 2.15. The predicted octanol–water partition coefficient (Wildman–Crippen LogP) is 5.13. The van der Waals surface area contributed by atoms with Crippen molar-refractivity contribution in [1.29, 1.82) is 0 Å². The largest absolute Gasteiger partial charge is 0.503 e. The summed E-state index contributed by atoms with van der Waals surface area (Å²) in [5.74, 6) is 0.639. The quantitative estimate of drug-likeness (QED) is 0.261. The second kappa shape index (κ2) is 9.92. The zero-order valence-electron chi connectivity index (χ0n) is 15.5. The molecule has 0 aliphatic heterocycles.